The summed E-state index contributed by atoms with van der Waals surface area (Å²) >= 11 is 3.24. The van der Waals surface area contributed by atoms with Crippen LogP contribution in [0, 0.1) is 5.92 Å². The second kappa shape index (κ2) is 8.06. The van der Waals surface area contributed by atoms with Crippen LogP contribution >= 0.6 is 15.9 Å². The number of hydrogen-bond donors (Lipinski definition) is 3. The van der Waals surface area contributed by atoms with Gasteiger partial charge >= 0.3 is 12.0 Å². The van der Waals surface area contributed by atoms with Crippen LogP contribution in [0.3, 0.4) is 0 Å². The molecule has 1 aliphatic rings. The first-order chi connectivity index (χ1) is 11.9. The molecule has 7 nitrogen and oxygen atoms in total. The lowest BCUT2D eigenvalue weighted by Gasteiger charge is -2.33. The van der Waals surface area contributed by atoms with E-state index in [2.05, 4.69) is 33.1 Å². The fraction of sp³-hybridized carbons (Fsp3) is 0.294. The Kier molecular flexibility index (Phi) is 6.08. The molecule has 1 aromatic carbocycles. The predicted molar refractivity (Wildman–Crippen MR) is 95.2 cm³/mol. The van der Waals surface area contributed by atoms with E-state index in [1.54, 1.807) is 24.3 Å². The lowest BCUT2D eigenvalue weighted by molar-refractivity contribution is -0.147. The van der Waals surface area contributed by atoms with Gasteiger partial charge in [-0.2, -0.15) is 0 Å². The van der Waals surface area contributed by atoms with Crippen molar-refractivity contribution >= 4 is 27.9 Å². The predicted octanol–water partition coefficient (Wildman–Crippen LogP) is 2.77. The molecule has 2 amide bonds. The molecule has 3 N–H and O–H groups in total. The zero-order valence-electron chi connectivity index (χ0n) is 13.8. The number of halogens is 1. The Hall–Kier alpha value is -2.48. The molecule has 0 saturated carbocycles. The van der Waals surface area contributed by atoms with E-state index in [1.165, 1.54) is 7.11 Å². The number of nitrogens with one attached hydrogen (secondary N) is 2. The summed E-state index contributed by atoms with van der Waals surface area (Å²) in [4.78, 5) is 24.3. The third kappa shape index (κ3) is 4.14. The van der Waals surface area contributed by atoms with Crippen molar-refractivity contribution in [3.63, 3.8) is 0 Å². The fourth-order valence-corrected chi connectivity index (χ4v) is 2.94. The van der Waals surface area contributed by atoms with Crippen LogP contribution < -0.4 is 15.4 Å². The number of aromatic hydroxyl groups is 1. The molecule has 134 valence electrons. The van der Waals surface area contributed by atoms with Gasteiger partial charge in [0.2, 0.25) is 0 Å². The highest BCUT2D eigenvalue weighted by Gasteiger charge is 2.39. The number of benzene rings is 1. The maximum atomic E-state index is 12.5. The third-order valence-electron chi connectivity index (χ3n) is 3.71. The van der Waals surface area contributed by atoms with Gasteiger partial charge in [0.15, 0.2) is 11.5 Å². The van der Waals surface area contributed by atoms with Gasteiger partial charge in [0, 0.05) is 5.70 Å². The quantitative estimate of drug-likeness (QED) is 0.512. The van der Waals surface area contributed by atoms with Gasteiger partial charge in [-0.1, -0.05) is 18.7 Å². The van der Waals surface area contributed by atoms with E-state index in [4.69, 9.17) is 9.47 Å². The summed E-state index contributed by atoms with van der Waals surface area (Å²) in [7, 11) is 1.41. The molecule has 1 aromatic rings. The van der Waals surface area contributed by atoms with E-state index >= 15 is 0 Å². The number of esters is 1. The van der Waals surface area contributed by atoms with Crippen molar-refractivity contribution in [1.82, 2.24) is 10.6 Å². The topological polar surface area (TPSA) is 96.9 Å². The molecular weight excluding hydrogens is 392 g/mol. The lowest BCUT2D eigenvalue weighted by atomic mass is 9.89. The number of amides is 2. The molecule has 0 aromatic heterocycles. The van der Waals surface area contributed by atoms with Crippen molar-refractivity contribution in [3.05, 3.63) is 46.6 Å². The van der Waals surface area contributed by atoms with Gasteiger partial charge in [-0.15, -0.1) is 0 Å². The number of carbonyl (C=O) groups is 2. The van der Waals surface area contributed by atoms with E-state index in [0.29, 0.717) is 10.0 Å². The van der Waals surface area contributed by atoms with Gasteiger partial charge in [-0.3, -0.25) is 4.79 Å². The summed E-state index contributed by atoms with van der Waals surface area (Å²) in [6.45, 7) is 5.72. The number of phenols is 1. The minimum absolute atomic E-state index is 0.0717. The van der Waals surface area contributed by atoms with Crippen LogP contribution in [0.4, 0.5) is 4.79 Å². The molecule has 25 heavy (non-hydrogen) atoms. The van der Waals surface area contributed by atoms with Crippen molar-refractivity contribution in [2.24, 2.45) is 5.92 Å². The molecule has 0 radical (unpaired) electrons. The molecule has 8 heteroatoms. The van der Waals surface area contributed by atoms with Crippen LogP contribution in [0.25, 0.3) is 0 Å². The molecule has 0 unspecified atom stereocenters. The largest absolute Gasteiger partial charge is 0.503 e. The van der Waals surface area contributed by atoms with Crippen LogP contribution in [0.5, 0.6) is 11.5 Å². The Morgan fingerprint density at radius 3 is 2.84 bits per heavy atom. The SMILES string of the molecule is C=C1NC(=O)N[C@@H](c2cc(Br)c(O)c(OC)c2)[C@H]1C(=O)OC/C=C\C. The van der Waals surface area contributed by atoms with Crippen molar-refractivity contribution in [3.8, 4) is 11.5 Å². The van der Waals surface area contributed by atoms with E-state index in [0.717, 1.165) is 0 Å². The number of phenolic OH excluding ortho intramolecular Hbond substituents is 1. The summed E-state index contributed by atoms with van der Waals surface area (Å²) in [6.07, 6.45) is 3.47. The Bertz CT molecular complexity index is 732. The van der Waals surface area contributed by atoms with Crippen molar-refractivity contribution in [1.29, 1.82) is 0 Å². The zero-order chi connectivity index (χ0) is 18.6. The first-order valence-electron chi connectivity index (χ1n) is 7.49. The smallest absolute Gasteiger partial charge is 0.319 e. The number of rotatable bonds is 5. The Morgan fingerprint density at radius 2 is 2.20 bits per heavy atom. The monoisotopic (exact) mass is 410 g/mol. The summed E-state index contributed by atoms with van der Waals surface area (Å²) in [6, 6.07) is 1.96. The number of carbonyl (C=O) groups excluding carboxylic acids is 2. The first kappa shape index (κ1) is 18.9. The summed E-state index contributed by atoms with van der Waals surface area (Å²) in [5.41, 5.74) is 0.799. The Balaban J connectivity index is 2.40. The molecule has 2 rings (SSSR count). The molecule has 2 atom stereocenters. The normalized spacial score (nSPS) is 20.1. The van der Waals surface area contributed by atoms with E-state index in [-0.39, 0.29) is 23.8 Å². The summed E-state index contributed by atoms with van der Waals surface area (Å²) < 4.78 is 10.7. The van der Waals surface area contributed by atoms with E-state index in [1.807, 2.05) is 6.92 Å². The molecule has 1 aliphatic heterocycles. The minimum Gasteiger partial charge on any atom is -0.503 e. The van der Waals surface area contributed by atoms with Crippen LogP contribution in [-0.2, 0) is 9.53 Å². The van der Waals surface area contributed by atoms with Gasteiger partial charge in [0.05, 0.1) is 17.6 Å². The minimum atomic E-state index is -0.830. The standard InChI is InChI=1S/C17H19BrN2O5/c1-4-5-6-25-16(22)13-9(2)19-17(23)20-14(13)10-7-11(18)15(21)12(8-10)24-3/h4-5,7-8,13-14,21H,2,6H2,1,3H3,(H2,19,20,23)/b5-4-/t13-,14-/m0/s1. The van der Waals surface area contributed by atoms with Crippen LogP contribution in [0.2, 0.25) is 0 Å². The second-order valence-electron chi connectivity index (χ2n) is 5.33. The molecular formula is C17H19BrN2O5. The fourth-order valence-electron chi connectivity index (χ4n) is 2.48. The van der Waals surface area contributed by atoms with Gasteiger partial charge in [0.1, 0.15) is 12.5 Å². The molecule has 0 bridgehead atoms. The second-order valence-corrected chi connectivity index (χ2v) is 6.19. The number of allylic oxidation sites excluding steroid dienone is 1. The number of urea groups is 1. The maximum Gasteiger partial charge on any atom is 0.319 e. The number of hydrogen-bond acceptors (Lipinski definition) is 5. The maximum absolute atomic E-state index is 12.5. The average molecular weight is 411 g/mol. The first-order valence-corrected chi connectivity index (χ1v) is 8.28. The lowest BCUT2D eigenvalue weighted by Crippen LogP contribution is -2.51. The molecule has 0 aliphatic carbocycles. The van der Waals surface area contributed by atoms with Crippen molar-refractivity contribution < 1.29 is 24.2 Å². The van der Waals surface area contributed by atoms with Crippen LogP contribution in [0.15, 0.2) is 41.0 Å². The van der Waals surface area contributed by atoms with Gasteiger partial charge in [-0.25, -0.2) is 4.79 Å². The van der Waals surface area contributed by atoms with Crippen LogP contribution in [0.1, 0.15) is 18.5 Å². The van der Waals surface area contributed by atoms with Gasteiger partial charge in [-0.05, 0) is 40.5 Å². The highest BCUT2D eigenvalue weighted by atomic mass is 79.9. The highest BCUT2D eigenvalue weighted by molar-refractivity contribution is 9.10. The Morgan fingerprint density at radius 1 is 1.48 bits per heavy atom. The van der Waals surface area contributed by atoms with Gasteiger partial charge < -0.3 is 25.2 Å². The highest BCUT2D eigenvalue weighted by Crippen LogP contribution is 2.40. The zero-order valence-corrected chi connectivity index (χ0v) is 15.4. The van der Waals surface area contributed by atoms with Gasteiger partial charge in [0.25, 0.3) is 0 Å². The summed E-state index contributed by atoms with van der Waals surface area (Å²) in [5, 5.41) is 15.1. The molecule has 1 fully saturated rings. The molecule has 0 spiro atoms. The third-order valence-corrected chi connectivity index (χ3v) is 4.32. The number of methoxy groups -OCH3 is 1. The average Bonchev–Trinajstić information content (AvgIpc) is 2.56. The van der Waals surface area contributed by atoms with E-state index < -0.39 is 24.0 Å². The molecule has 1 saturated heterocycles. The van der Waals surface area contributed by atoms with Crippen LogP contribution in [-0.4, -0.2) is 30.8 Å². The Labute approximate surface area is 153 Å². The van der Waals surface area contributed by atoms with Crippen molar-refractivity contribution in [2.75, 3.05) is 13.7 Å². The summed E-state index contributed by atoms with van der Waals surface area (Å²) in [5.74, 6) is -1.21. The van der Waals surface area contributed by atoms with Crippen molar-refractivity contribution in [2.45, 2.75) is 13.0 Å². The number of ether oxygens (including phenoxy) is 2. The molecule has 1 heterocycles. The van der Waals surface area contributed by atoms with E-state index in [9.17, 15) is 14.7 Å².